The van der Waals surface area contributed by atoms with Crippen molar-refractivity contribution in [2.45, 2.75) is 20.0 Å². The van der Waals surface area contributed by atoms with Gasteiger partial charge in [-0.1, -0.05) is 6.92 Å². The highest BCUT2D eigenvalue weighted by molar-refractivity contribution is 5.86. The molecule has 0 radical (unpaired) electrons. The number of hydrogen-bond donors (Lipinski definition) is 2. The Bertz CT molecular complexity index is 509. The third-order valence-corrected chi connectivity index (χ3v) is 2.35. The fourth-order valence-electron chi connectivity index (χ4n) is 1.55. The van der Waals surface area contributed by atoms with Crippen LogP contribution in [0.2, 0.25) is 0 Å². The van der Waals surface area contributed by atoms with Gasteiger partial charge < -0.3 is 10.2 Å². The van der Waals surface area contributed by atoms with Gasteiger partial charge in [-0.25, -0.2) is 15.8 Å². The third-order valence-electron chi connectivity index (χ3n) is 2.35. The van der Waals surface area contributed by atoms with Gasteiger partial charge in [0, 0.05) is 13.7 Å². The summed E-state index contributed by atoms with van der Waals surface area (Å²) in [7, 11) is 1.83. The van der Waals surface area contributed by atoms with Crippen LogP contribution in [0, 0.1) is 0 Å². The van der Waals surface area contributed by atoms with Crippen LogP contribution in [0.1, 0.15) is 19.2 Å². The van der Waals surface area contributed by atoms with E-state index < -0.39 is 0 Å². The van der Waals surface area contributed by atoms with Crippen LogP contribution in [-0.2, 0) is 18.4 Å². The second-order valence-corrected chi connectivity index (χ2v) is 3.69. The quantitative estimate of drug-likeness (QED) is 0.448. The lowest BCUT2D eigenvalue weighted by molar-refractivity contribution is 0.116. The molecular weight excluding hydrogens is 220 g/mol. The molecule has 0 amide bonds. The van der Waals surface area contributed by atoms with Crippen molar-refractivity contribution in [3.8, 4) is 0 Å². The highest BCUT2D eigenvalue weighted by Gasteiger charge is 2.10. The van der Waals surface area contributed by atoms with E-state index in [1.165, 1.54) is 0 Å². The topological polar surface area (TPSA) is 90.9 Å². The Morgan fingerprint density at radius 2 is 2.29 bits per heavy atom. The summed E-state index contributed by atoms with van der Waals surface area (Å²) in [5.41, 5.74) is 3.29. The van der Waals surface area contributed by atoms with E-state index in [0.29, 0.717) is 24.9 Å². The number of nitrogens with one attached hydrogen (secondary N) is 1. The van der Waals surface area contributed by atoms with Crippen LogP contribution in [0.25, 0.3) is 11.0 Å². The maximum absolute atomic E-state index is 5.43. The van der Waals surface area contributed by atoms with Crippen molar-refractivity contribution >= 4 is 16.9 Å². The lowest BCUT2D eigenvalue weighted by atomic mass is 10.4. The first-order valence-corrected chi connectivity index (χ1v) is 5.49. The summed E-state index contributed by atoms with van der Waals surface area (Å²) in [4.78, 5) is 8.66. The lowest BCUT2D eigenvalue weighted by Crippen LogP contribution is -2.12. The lowest BCUT2D eigenvalue weighted by Gasteiger charge is -2.06. The zero-order valence-corrected chi connectivity index (χ0v) is 9.97. The smallest absolute Gasteiger partial charge is 0.163 e. The molecule has 0 aliphatic rings. The summed E-state index contributed by atoms with van der Waals surface area (Å²) in [5, 5.41) is 4.92. The Labute approximate surface area is 99.0 Å². The first-order chi connectivity index (χ1) is 8.26. The molecule has 2 heterocycles. The minimum absolute atomic E-state index is 0.379. The van der Waals surface area contributed by atoms with Gasteiger partial charge in [0.15, 0.2) is 17.3 Å². The highest BCUT2D eigenvalue weighted by Crippen LogP contribution is 2.18. The van der Waals surface area contributed by atoms with Crippen molar-refractivity contribution in [2.24, 2.45) is 12.9 Å². The van der Waals surface area contributed by atoms with Crippen molar-refractivity contribution in [2.75, 3.05) is 12.0 Å². The minimum Gasteiger partial charge on any atom is -0.373 e. The number of hydrogen-bond acceptors (Lipinski definition) is 6. The molecule has 0 bridgehead atoms. The molecule has 17 heavy (non-hydrogen) atoms. The summed E-state index contributed by atoms with van der Waals surface area (Å²) in [6, 6.07) is 0. The van der Waals surface area contributed by atoms with E-state index in [-0.39, 0.29) is 0 Å². The highest BCUT2D eigenvalue weighted by atomic mass is 16.5. The average molecular weight is 236 g/mol. The molecule has 3 N–H and O–H groups in total. The molecule has 92 valence electrons. The molecule has 0 aromatic carbocycles. The number of nitrogens with zero attached hydrogens (tertiary/aromatic N) is 4. The SMILES string of the molecule is CCCOCc1nc(NN)c2cnn(C)c2n1. The number of hydrazine groups is 1. The average Bonchev–Trinajstić information content (AvgIpc) is 2.71. The number of aromatic nitrogens is 4. The van der Waals surface area contributed by atoms with Gasteiger partial charge in [0.25, 0.3) is 0 Å². The summed E-state index contributed by atoms with van der Waals surface area (Å²) in [6.07, 6.45) is 2.65. The fraction of sp³-hybridized carbons (Fsp3) is 0.500. The van der Waals surface area contributed by atoms with E-state index in [1.54, 1.807) is 10.9 Å². The van der Waals surface area contributed by atoms with Crippen molar-refractivity contribution in [1.82, 2.24) is 19.7 Å². The predicted octanol–water partition coefficient (Wildman–Crippen LogP) is 0.575. The van der Waals surface area contributed by atoms with Gasteiger partial charge in [-0.15, -0.1) is 0 Å². The van der Waals surface area contributed by atoms with Crippen molar-refractivity contribution in [3.05, 3.63) is 12.0 Å². The summed E-state index contributed by atoms with van der Waals surface area (Å²) in [5.74, 6) is 6.60. The van der Waals surface area contributed by atoms with Crippen molar-refractivity contribution in [3.63, 3.8) is 0 Å². The van der Waals surface area contributed by atoms with Crippen LogP contribution in [0.5, 0.6) is 0 Å². The summed E-state index contributed by atoms with van der Waals surface area (Å²) in [6.45, 7) is 3.12. The second kappa shape index (κ2) is 5.07. The molecule has 0 saturated heterocycles. The molecule has 0 saturated carbocycles. The monoisotopic (exact) mass is 236 g/mol. The van der Waals surface area contributed by atoms with Crippen LogP contribution in [-0.4, -0.2) is 26.4 Å². The van der Waals surface area contributed by atoms with Crippen molar-refractivity contribution in [1.29, 1.82) is 0 Å². The number of nitrogen functional groups attached to an aromatic ring is 1. The number of anilines is 1. The molecule has 2 rings (SSSR count). The first-order valence-electron chi connectivity index (χ1n) is 5.49. The first kappa shape index (κ1) is 11.7. The van der Waals surface area contributed by atoms with Gasteiger partial charge in [0.2, 0.25) is 0 Å². The standard InChI is InChI=1S/C10H16N6O/c1-3-4-17-6-8-13-9(15-11)7-5-12-16(2)10(7)14-8/h5H,3-4,6,11H2,1-2H3,(H,13,14,15). The van der Waals surface area contributed by atoms with Gasteiger partial charge in [-0.3, -0.25) is 4.68 Å². The molecule has 7 heteroatoms. The normalized spacial score (nSPS) is 11.0. The van der Waals surface area contributed by atoms with Crippen LogP contribution in [0.3, 0.4) is 0 Å². The Morgan fingerprint density at radius 3 is 3.00 bits per heavy atom. The largest absolute Gasteiger partial charge is 0.373 e. The number of rotatable bonds is 5. The zero-order valence-electron chi connectivity index (χ0n) is 9.97. The summed E-state index contributed by atoms with van der Waals surface area (Å²) < 4.78 is 7.09. The van der Waals surface area contributed by atoms with Gasteiger partial charge in [-0.05, 0) is 6.42 Å². The van der Waals surface area contributed by atoms with E-state index in [9.17, 15) is 0 Å². The van der Waals surface area contributed by atoms with E-state index in [4.69, 9.17) is 10.6 Å². The summed E-state index contributed by atoms with van der Waals surface area (Å²) >= 11 is 0. The Hall–Kier alpha value is -1.73. The van der Waals surface area contributed by atoms with Gasteiger partial charge in [0.1, 0.15) is 6.61 Å². The zero-order chi connectivity index (χ0) is 12.3. The van der Waals surface area contributed by atoms with Crippen LogP contribution < -0.4 is 11.3 Å². The van der Waals surface area contributed by atoms with Crippen molar-refractivity contribution < 1.29 is 4.74 Å². The van der Waals surface area contributed by atoms with E-state index in [0.717, 1.165) is 17.5 Å². The molecule has 2 aromatic heterocycles. The van der Waals surface area contributed by atoms with Gasteiger partial charge >= 0.3 is 0 Å². The predicted molar refractivity (Wildman–Crippen MR) is 64.1 cm³/mol. The van der Waals surface area contributed by atoms with E-state index in [2.05, 4.69) is 27.4 Å². The maximum atomic E-state index is 5.43. The van der Waals surface area contributed by atoms with Crippen LogP contribution in [0.15, 0.2) is 6.20 Å². The van der Waals surface area contributed by atoms with E-state index in [1.807, 2.05) is 7.05 Å². The molecule has 2 aromatic rings. The molecule has 0 atom stereocenters. The second-order valence-electron chi connectivity index (χ2n) is 3.69. The Kier molecular flexibility index (Phi) is 3.50. The molecule has 0 spiro atoms. The van der Waals surface area contributed by atoms with E-state index >= 15 is 0 Å². The number of ether oxygens (including phenoxy) is 1. The minimum atomic E-state index is 0.379. The van der Waals surface area contributed by atoms with Crippen LogP contribution in [0.4, 0.5) is 5.82 Å². The molecule has 0 fully saturated rings. The maximum Gasteiger partial charge on any atom is 0.163 e. The molecular formula is C10H16N6O. The van der Waals surface area contributed by atoms with Gasteiger partial charge in [0.05, 0.1) is 11.6 Å². The molecule has 7 nitrogen and oxygen atoms in total. The molecule has 0 aliphatic heterocycles. The Balaban J connectivity index is 2.33. The van der Waals surface area contributed by atoms with Gasteiger partial charge in [-0.2, -0.15) is 5.10 Å². The number of aryl methyl sites for hydroxylation is 1. The number of fused-ring (bicyclic) bond motifs is 1. The Morgan fingerprint density at radius 1 is 1.47 bits per heavy atom. The molecule has 0 unspecified atom stereocenters. The third kappa shape index (κ3) is 2.34. The molecule has 0 aliphatic carbocycles. The van der Waals surface area contributed by atoms with Crippen LogP contribution >= 0.6 is 0 Å². The number of nitrogens with two attached hydrogens (primary N) is 1. The fourth-order valence-corrected chi connectivity index (χ4v) is 1.55.